The first-order valence-electron chi connectivity index (χ1n) is 9.74. The minimum absolute atomic E-state index is 0.0261. The Morgan fingerprint density at radius 3 is 2.48 bits per heavy atom. The van der Waals surface area contributed by atoms with E-state index in [9.17, 15) is 14.7 Å². The molecule has 1 fully saturated rings. The number of hydrogen-bond acceptors (Lipinski definition) is 3. The monoisotopic (exact) mass is 374 g/mol. The van der Waals surface area contributed by atoms with Gasteiger partial charge in [-0.25, -0.2) is 0 Å². The van der Waals surface area contributed by atoms with Crippen molar-refractivity contribution < 1.29 is 14.7 Å². The van der Waals surface area contributed by atoms with Crippen molar-refractivity contribution in [2.75, 3.05) is 20.1 Å². The molecule has 1 saturated heterocycles. The fourth-order valence-corrected chi connectivity index (χ4v) is 3.55. The number of hydrogen-bond donors (Lipinski definition) is 1. The second-order valence-electron chi connectivity index (χ2n) is 9.44. The summed E-state index contributed by atoms with van der Waals surface area (Å²) in [4.78, 5) is 28.7. The van der Waals surface area contributed by atoms with Crippen LogP contribution in [0, 0.1) is 5.92 Å². The Balaban J connectivity index is 1.98. The molecule has 27 heavy (non-hydrogen) atoms. The molecule has 2 amide bonds. The van der Waals surface area contributed by atoms with Crippen LogP contribution in [-0.2, 0) is 11.2 Å². The number of amides is 2. The summed E-state index contributed by atoms with van der Waals surface area (Å²) in [7, 11) is 1.80. The van der Waals surface area contributed by atoms with Crippen molar-refractivity contribution in [2.24, 2.45) is 5.92 Å². The van der Waals surface area contributed by atoms with Crippen LogP contribution in [0.15, 0.2) is 24.3 Å². The van der Waals surface area contributed by atoms with Crippen molar-refractivity contribution in [3.8, 4) is 0 Å². The molecule has 1 aromatic rings. The highest BCUT2D eigenvalue weighted by molar-refractivity contribution is 5.94. The van der Waals surface area contributed by atoms with E-state index in [-0.39, 0.29) is 23.3 Å². The molecule has 2 rings (SSSR count). The third-order valence-corrected chi connectivity index (χ3v) is 5.09. The predicted octanol–water partition coefficient (Wildman–Crippen LogP) is 3.11. The predicted molar refractivity (Wildman–Crippen MR) is 108 cm³/mol. The van der Waals surface area contributed by atoms with E-state index in [0.29, 0.717) is 31.5 Å². The van der Waals surface area contributed by atoms with Gasteiger partial charge in [-0.1, -0.05) is 12.1 Å². The summed E-state index contributed by atoms with van der Waals surface area (Å²) in [5.74, 6) is 0.313. The van der Waals surface area contributed by atoms with Gasteiger partial charge in [0, 0.05) is 43.6 Å². The molecule has 1 aliphatic heterocycles. The van der Waals surface area contributed by atoms with Crippen molar-refractivity contribution in [3.63, 3.8) is 0 Å². The van der Waals surface area contributed by atoms with Crippen molar-refractivity contribution in [1.29, 1.82) is 0 Å². The Morgan fingerprint density at radius 2 is 1.93 bits per heavy atom. The van der Waals surface area contributed by atoms with Gasteiger partial charge in [-0.15, -0.1) is 0 Å². The Morgan fingerprint density at radius 1 is 1.26 bits per heavy atom. The van der Waals surface area contributed by atoms with Crippen LogP contribution in [0.2, 0.25) is 0 Å². The first-order chi connectivity index (χ1) is 12.4. The summed E-state index contributed by atoms with van der Waals surface area (Å²) in [6, 6.07) is 7.61. The van der Waals surface area contributed by atoms with Crippen molar-refractivity contribution >= 4 is 11.8 Å². The molecular weight excluding hydrogens is 340 g/mol. The maximum absolute atomic E-state index is 12.8. The quantitative estimate of drug-likeness (QED) is 0.832. The highest BCUT2D eigenvalue weighted by Crippen LogP contribution is 2.26. The lowest BCUT2D eigenvalue weighted by Gasteiger charge is -2.32. The highest BCUT2D eigenvalue weighted by Gasteiger charge is 2.36. The van der Waals surface area contributed by atoms with Gasteiger partial charge in [0.2, 0.25) is 5.91 Å². The fourth-order valence-electron chi connectivity index (χ4n) is 3.55. The van der Waals surface area contributed by atoms with Crippen LogP contribution in [0.4, 0.5) is 0 Å². The molecule has 0 spiro atoms. The van der Waals surface area contributed by atoms with E-state index in [0.717, 1.165) is 12.0 Å². The smallest absolute Gasteiger partial charge is 0.253 e. The Kier molecular flexibility index (Phi) is 6.35. The zero-order chi connectivity index (χ0) is 20.4. The van der Waals surface area contributed by atoms with E-state index in [1.54, 1.807) is 25.8 Å². The third-order valence-electron chi connectivity index (χ3n) is 5.09. The molecule has 1 N–H and O–H groups in total. The second-order valence-corrected chi connectivity index (χ2v) is 9.44. The standard InChI is InChI=1S/C22H34N2O3/c1-21(2,3)24-15-17(13-19(24)25)14-23(6)20(26)18-9-7-8-16(12-18)10-11-22(4,5)27/h7-9,12,17,27H,10-11,13-15H2,1-6H3/t17-/m1/s1. The van der Waals surface area contributed by atoms with E-state index in [1.807, 2.05) is 49.9 Å². The first kappa shape index (κ1) is 21.4. The van der Waals surface area contributed by atoms with Crippen LogP contribution >= 0.6 is 0 Å². The number of nitrogens with zero attached hydrogens (tertiary/aromatic N) is 2. The molecule has 0 bridgehead atoms. The summed E-state index contributed by atoms with van der Waals surface area (Å²) in [5, 5.41) is 9.90. The van der Waals surface area contributed by atoms with E-state index >= 15 is 0 Å². The van der Waals surface area contributed by atoms with Gasteiger partial charge in [0.25, 0.3) is 5.91 Å². The van der Waals surface area contributed by atoms with Gasteiger partial charge >= 0.3 is 0 Å². The number of rotatable bonds is 6. The fraction of sp³-hybridized carbons (Fsp3) is 0.636. The third kappa shape index (κ3) is 6.06. The molecule has 0 unspecified atom stereocenters. The number of benzene rings is 1. The minimum atomic E-state index is -0.718. The van der Waals surface area contributed by atoms with Gasteiger partial charge in [-0.2, -0.15) is 0 Å². The largest absolute Gasteiger partial charge is 0.390 e. The molecule has 0 aromatic heterocycles. The van der Waals surface area contributed by atoms with Crippen LogP contribution in [0.1, 0.15) is 63.4 Å². The van der Waals surface area contributed by atoms with Crippen molar-refractivity contribution in [1.82, 2.24) is 9.80 Å². The van der Waals surface area contributed by atoms with Gasteiger partial charge in [0.05, 0.1) is 5.60 Å². The average Bonchev–Trinajstić information content (AvgIpc) is 2.92. The van der Waals surface area contributed by atoms with Gasteiger partial charge in [-0.05, 0) is 65.2 Å². The maximum Gasteiger partial charge on any atom is 0.253 e. The molecular formula is C22H34N2O3. The normalized spacial score (nSPS) is 18.1. The molecule has 1 atom stereocenters. The highest BCUT2D eigenvalue weighted by atomic mass is 16.3. The summed E-state index contributed by atoms with van der Waals surface area (Å²) >= 11 is 0. The summed E-state index contributed by atoms with van der Waals surface area (Å²) in [5.41, 5.74) is 0.808. The van der Waals surface area contributed by atoms with Gasteiger partial charge in [0.1, 0.15) is 0 Å². The van der Waals surface area contributed by atoms with Gasteiger partial charge in [-0.3, -0.25) is 9.59 Å². The lowest BCUT2D eigenvalue weighted by molar-refractivity contribution is -0.131. The average molecular weight is 375 g/mol. The number of carbonyl (C=O) groups is 2. The number of aliphatic hydroxyl groups is 1. The molecule has 5 nitrogen and oxygen atoms in total. The van der Waals surface area contributed by atoms with E-state index in [2.05, 4.69) is 0 Å². The Hall–Kier alpha value is -1.88. The zero-order valence-electron chi connectivity index (χ0n) is 17.6. The molecule has 0 aliphatic carbocycles. The SMILES string of the molecule is CN(C[C@H]1CC(=O)N(C(C)(C)C)C1)C(=O)c1cccc(CCC(C)(C)O)c1. The van der Waals surface area contributed by atoms with E-state index in [4.69, 9.17) is 0 Å². The van der Waals surface area contributed by atoms with Crippen LogP contribution in [0.3, 0.4) is 0 Å². The number of aryl methyl sites for hydroxylation is 1. The minimum Gasteiger partial charge on any atom is -0.390 e. The van der Waals surface area contributed by atoms with Crippen molar-refractivity contribution in [2.45, 2.75) is 65.0 Å². The van der Waals surface area contributed by atoms with Crippen LogP contribution in [0.5, 0.6) is 0 Å². The van der Waals surface area contributed by atoms with Gasteiger partial charge in [0.15, 0.2) is 0 Å². The van der Waals surface area contributed by atoms with Crippen LogP contribution in [-0.4, -0.2) is 58.0 Å². The molecule has 1 aromatic carbocycles. The Labute approximate surface area is 163 Å². The molecule has 0 saturated carbocycles. The molecule has 0 radical (unpaired) electrons. The van der Waals surface area contributed by atoms with Gasteiger partial charge < -0.3 is 14.9 Å². The number of carbonyl (C=O) groups excluding carboxylic acids is 2. The molecule has 5 heteroatoms. The maximum atomic E-state index is 12.8. The molecule has 150 valence electrons. The van der Waals surface area contributed by atoms with E-state index < -0.39 is 5.60 Å². The molecule has 1 heterocycles. The summed E-state index contributed by atoms with van der Waals surface area (Å²) in [6.07, 6.45) is 1.87. The summed E-state index contributed by atoms with van der Waals surface area (Å²) in [6.45, 7) is 11.0. The lowest BCUT2D eigenvalue weighted by Crippen LogP contribution is -2.43. The number of likely N-dealkylation sites (tertiary alicyclic amines) is 1. The lowest BCUT2D eigenvalue weighted by atomic mass is 9.97. The topological polar surface area (TPSA) is 60.9 Å². The first-order valence-corrected chi connectivity index (χ1v) is 9.74. The zero-order valence-corrected chi connectivity index (χ0v) is 17.6. The molecule has 1 aliphatic rings. The van der Waals surface area contributed by atoms with Crippen LogP contribution in [0.25, 0.3) is 0 Å². The summed E-state index contributed by atoms with van der Waals surface area (Å²) < 4.78 is 0. The van der Waals surface area contributed by atoms with Crippen LogP contribution < -0.4 is 0 Å². The Bertz CT molecular complexity index is 686. The van der Waals surface area contributed by atoms with Crippen molar-refractivity contribution in [3.05, 3.63) is 35.4 Å². The second kappa shape index (κ2) is 8.01. The van der Waals surface area contributed by atoms with E-state index in [1.165, 1.54) is 0 Å².